The molecular formula is C31H38N3O4S+. The fourth-order valence-corrected chi connectivity index (χ4v) is 7.99. The Balaban J connectivity index is 1.48. The van der Waals surface area contributed by atoms with Gasteiger partial charge in [0, 0.05) is 13.0 Å². The number of hydrogen-bond acceptors (Lipinski definition) is 5. The van der Waals surface area contributed by atoms with E-state index in [-0.39, 0.29) is 22.8 Å². The predicted octanol–water partition coefficient (Wildman–Crippen LogP) is 2.84. The summed E-state index contributed by atoms with van der Waals surface area (Å²) in [7, 11) is -2.02. The molecule has 3 N–H and O–H groups in total. The van der Waals surface area contributed by atoms with Crippen molar-refractivity contribution in [2.45, 2.75) is 55.3 Å². The van der Waals surface area contributed by atoms with Crippen molar-refractivity contribution in [2.24, 2.45) is 11.7 Å². The second kappa shape index (κ2) is 10.5. The molecule has 8 heteroatoms. The zero-order valence-electron chi connectivity index (χ0n) is 22.8. The zero-order valence-corrected chi connectivity index (χ0v) is 23.7. The highest BCUT2D eigenvalue weighted by atomic mass is 32.2. The summed E-state index contributed by atoms with van der Waals surface area (Å²) in [6.45, 7) is 5.23. The Morgan fingerprint density at radius 2 is 1.54 bits per heavy atom. The number of likely N-dealkylation sites (N-methyl/N-ethyl adjacent to an activating group) is 1. The van der Waals surface area contributed by atoms with Gasteiger partial charge < -0.3 is 5.73 Å². The SMILES string of the molecule is Cc1ccc(S(=O)(=O)OC2(C)N(C3CCC(C(C(N)=O)(c4ccccc4)c4ccccc4)C3)CC[NH+]2C)cc1. The molecule has 5 rings (SSSR count). The highest BCUT2D eigenvalue weighted by Crippen LogP contribution is 2.48. The van der Waals surface area contributed by atoms with Crippen LogP contribution in [0.5, 0.6) is 0 Å². The maximum atomic E-state index is 13.5. The minimum atomic E-state index is -3.99. The van der Waals surface area contributed by atoms with Gasteiger partial charge in [0.05, 0.1) is 25.0 Å². The first-order valence-corrected chi connectivity index (χ1v) is 15.0. The third-order valence-corrected chi connectivity index (χ3v) is 10.3. The average molecular weight is 549 g/mol. The van der Waals surface area contributed by atoms with Crippen LogP contribution in [0.3, 0.4) is 0 Å². The van der Waals surface area contributed by atoms with Gasteiger partial charge >= 0.3 is 10.1 Å². The summed E-state index contributed by atoms with van der Waals surface area (Å²) >= 11 is 0. The topological polar surface area (TPSA) is 94.1 Å². The van der Waals surface area contributed by atoms with Crippen molar-refractivity contribution in [1.82, 2.24) is 4.90 Å². The Labute approximate surface area is 231 Å². The standard InChI is InChI=1S/C31H37N3O4S/c1-23-14-18-28(19-15-23)39(36,37)38-30(2)33(3)20-21-34(30)27-17-16-26(22-27)31(29(32)35,24-10-6-4-7-11-24)25-12-8-5-9-13-25/h4-15,18-19,26-27H,16-17,20-22H2,1-3H3,(H2,32,35)/p+1. The van der Waals surface area contributed by atoms with Crippen LogP contribution < -0.4 is 10.6 Å². The van der Waals surface area contributed by atoms with E-state index in [1.54, 1.807) is 24.3 Å². The number of benzene rings is 3. The number of nitrogens with two attached hydrogens (primary N) is 1. The Morgan fingerprint density at radius 3 is 2.08 bits per heavy atom. The maximum Gasteiger partial charge on any atom is 0.303 e. The van der Waals surface area contributed by atoms with E-state index < -0.39 is 21.4 Å². The molecule has 0 aromatic heterocycles. The van der Waals surface area contributed by atoms with E-state index in [1.807, 2.05) is 81.6 Å². The molecule has 206 valence electrons. The first-order valence-electron chi connectivity index (χ1n) is 13.6. The van der Waals surface area contributed by atoms with E-state index in [0.29, 0.717) is 13.0 Å². The monoisotopic (exact) mass is 548 g/mol. The van der Waals surface area contributed by atoms with E-state index >= 15 is 0 Å². The molecule has 2 fully saturated rings. The molecule has 0 bridgehead atoms. The Kier molecular flexibility index (Phi) is 7.41. The number of quaternary nitrogens is 1. The van der Waals surface area contributed by atoms with Gasteiger partial charge in [-0.3, -0.25) is 9.69 Å². The summed E-state index contributed by atoms with van der Waals surface area (Å²) in [4.78, 5) is 16.8. The molecule has 0 radical (unpaired) electrons. The predicted molar refractivity (Wildman–Crippen MR) is 150 cm³/mol. The van der Waals surface area contributed by atoms with Gasteiger partial charge in [-0.15, -0.1) is 0 Å². The van der Waals surface area contributed by atoms with Crippen LogP contribution >= 0.6 is 0 Å². The number of hydrogen-bond donors (Lipinski definition) is 2. The molecule has 4 unspecified atom stereocenters. The van der Waals surface area contributed by atoms with Crippen LogP contribution in [-0.2, 0) is 24.5 Å². The van der Waals surface area contributed by atoms with Gasteiger partial charge in [0.1, 0.15) is 5.41 Å². The second-order valence-electron chi connectivity index (χ2n) is 11.1. The first-order chi connectivity index (χ1) is 18.6. The van der Waals surface area contributed by atoms with Crippen molar-refractivity contribution in [3.05, 3.63) is 102 Å². The molecule has 39 heavy (non-hydrogen) atoms. The summed E-state index contributed by atoms with van der Waals surface area (Å²) in [5.74, 6) is -1.49. The lowest BCUT2D eigenvalue weighted by atomic mass is 9.64. The number of primary amides is 1. The first kappa shape index (κ1) is 27.5. The number of aryl methyl sites for hydroxylation is 1. The molecule has 7 nitrogen and oxygen atoms in total. The minimum absolute atomic E-state index is 0.0387. The molecule has 1 heterocycles. The van der Waals surface area contributed by atoms with Crippen LogP contribution in [0.2, 0.25) is 0 Å². The summed E-state index contributed by atoms with van der Waals surface area (Å²) < 4.78 is 32.8. The van der Waals surface area contributed by atoms with Gasteiger partial charge in [0.15, 0.2) is 0 Å². The van der Waals surface area contributed by atoms with Gasteiger partial charge in [-0.1, -0.05) is 78.4 Å². The van der Waals surface area contributed by atoms with Gasteiger partial charge in [-0.25, -0.2) is 4.90 Å². The molecule has 3 aromatic carbocycles. The van der Waals surface area contributed by atoms with Crippen molar-refractivity contribution in [3.63, 3.8) is 0 Å². The number of amides is 1. The van der Waals surface area contributed by atoms with E-state index in [2.05, 4.69) is 4.90 Å². The van der Waals surface area contributed by atoms with E-state index in [0.717, 1.165) is 41.0 Å². The molecule has 2 aliphatic rings. The minimum Gasteiger partial charge on any atom is -0.369 e. The van der Waals surface area contributed by atoms with Crippen molar-refractivity contribution in [3.8, 4) is 0 Å². The van der Waals surface area contributed by atoms with Crippen molar-refractivity contribution >= 4 is 16.0 Å². The van der Waals surface area contributed by atoms with E-state index in [9.17, 15) is 13.2 Å². The largest absolute Gasteiger partial charge is 0.369 e. The molecule has 0 spiro atoms. The average Bonchev–Trinajstić information content (AvgIpc) is 3.50. The number of rotatable bonds is 8. The fraction of sp³-hybridized carbons (Fsp3) is 0.387. The Bertz CT molecular complexity index is 1370. The third kappa shape index (κ3) is 4.80. The molecule has 1 saturated carbocycles. The molecule has 1 aliphatic carbocycles. The maximum absolute atomic E-state index is 13.5. The highest BCUT2D eigenvalue weighted by molar-refractivity contribution is 7.86. The highest BCUT2D eigenvalue weighted by Gasteiger charge is 2.57. The fourth-order valence-electron chi connectivity index (χ4n) is 6.76. The number of carbonyl (C=O) groups excluding carboxylic acids is 1. The van der Waals surface area contributed by atoms with Crippen molar-refractivity contribution < 1.29 is 22.3 Å². The Morgan fingerprint density at radius 1 is 0.974 bits per heavy atom. The Hall–Kier alpha value is -3.04. The molecule has 3 aromatic rings. The van der Waals surface area contributed by atoms with Crippen molar-refractivity contribution in [1.29, 1.82) is 0 Å². The van der Waals surface area contributed by atoms with Gasteiger partial charge in [-0.05, 0) is 55.4 Å². The normalized spacial score (nSPS) is 26.1. The molecule has 1 amide bonds. The lowest BCUT2D eigenvalue weighted by Gasteiger charge is -2.40. The lowest BCUT2D eigenvalue weighted by molar-refractivity contribution is -0.949. The van der Waals surface area contributed by atoms with Gasteiger partial charge in [0.2, 0.25) is 5.91 Å². The third-order valence-electron chi connectivity index (χ3n) is 8.95. The summed E-state index contributed by atoms with van der Waals surface area (Å²) in [6, 6.07) is 26.4. The molecule has 1 aliphatic heterocycles. The van der Waals surface area contributed by atoms with Gasteiger partial charge in [-0.2, -0.15) is 12.6 Å². The lowest BCUT2D eigenvalue weighted by Crippen LogP contribution is -3.16. The van der Waals surface area contributed by atoms with Crippen molar-refractivity contribution in [2.75, 3.05) is 20.1 Å². The van der Waals surface area contributed by atoms with Crippen LogP contribution in [0.25, 0.3) is 0 Å². The van der Waals surface area contributed by atoms with Crippen LogP contribution in [0.15, 0.2) is 89.8 Å². The molecule has 1 saturated heterocycles. The smallest absolute Gasteiger partial charge is 0.303 e. The summed E-state index contributed by atoms with van der Waals surface area (Å²) in [6.07, 6.45) is 2.30. The quantitative estimate of drug-likeness (QED) is 0.423. The summed E-state index contributed by atoms with van der Waals surface area (Å²) in [5, 5.41) is 0. The van der Waals surface area contributed by atoms with Crippen LogP contribution in [0, 0.1) is 12.8 Å². The van der Waals surface area contributed by atoms with Crippen LogP contribution in [-0.4, -0.2) is 51.3 Å². The van der Waals surface area contributed by atoms with Crippen LogP contribution in [0.1, 0.15) is 42.9 Å². The molecule has 4 atom stereocenters. The van der Waals surface area contributed by atoms with Gasteiger partial charge in [0.25, 0.3) is 5.85 Å². The molecular weight excluding hydrogens is 510 g/mol. The summed E-state index contributed by atoms with van der Waals surface area (Å²) in [5.41, 5.74) is 8.06. The van der Waals surface area contributed by atoms with E-state index in [4.69, 9.17) is 9.92 Å². The zero-order chi connectivity index (χ0) is 27.8. The van der Waals surface area contributed by atoms with E-state index in [1.165, 1.54) is 0 Å². The number of nitrogens with zero attached hydrogens (tertiary/aromatic N) is 1. The number of carbonyl (C=O) groups is 1. The number of nitrogens with one attached hydrogen (secondary N) is 1. The van der Waals surface area contributed by atoms with Crippen LogP contribution in [0.4, 0.5) is 0 Å². The second-order valence-corrected chi connectivity index (χ2v) is 12.7.